The highest BCUT2D eigenvalue weighted by atomic mass is 19.1. The van der Waals surface area contributed by atoms with Crippen molar-refractivity contribution in [2.75, 3.05) is 13.1 Å². The SMILES string of the molecule is C=CCN(CCCC(C)C)C1CC1c1ccc(F)cc1. The second-order valence-corrected chi connectivity index (χ2v) is 6.28. The van der Waals surface area contributed by atoms with Crippen molar-refractivity contribution in [3.05, 3.63) is 48.3 Å². The summed E-state index contributed by atoms with van der Waals surface area (Å²) in [5.74, 6) is 1.20. The van der Waals surface area contributed by atoms with Crippen molar-refractivity contribution in [1.29, 1.82) is 0 Å². The number of rotatable bonds is 8. The standard InChI is InChI=1S/C18H26FN/c1-4-11-20(12-5-6-14(2)3)18-13-17(18)15-7-9-16(19)10-8-15/h4,7-10,14,17-18H,1,5-6,11-13H2,2-3H3. The Morgan fingerprint density at radius 3 is 2.65 bits per heavy atom. The molecule has 0 bridgehead atoms. The van der Waals surface area contributed by atoms with Crippen LogP contribution in [0.1, 0.15) is 44.6 Å². The van der Waals surface area contributed by atoms with Crippen molar-refractivity contribution in [3.63, 3.8) is 0 Å². The number of hydrogen-bond acceptors (Lipinski definition) is 1. The van der Waals surface area contributed by atoms with E-state index in [1.54, 1.807) is 12.1 Å². The zero-order valence-corrected chi connectivity index (χ0v) is 12.7. The van der Waals surface area contributed by atoms with Gasteiger partial charge >= 0.3 is 0 Å². The second kappa shape index (κ2) is 7.03. The van der Waals surface area contributed by atoms with E-state index in [4.69, 9.17) is 0 Å². The molecule has 1 aromatic rings. The predicted molar refractivity (Wildman–Crippen MR) is 83.4 cm³/mol. The lowest BCUT2D eigenvalue weighted by molar-refractivity contribution is 0.275. The van der Waals surface area contributed by atoms with Crippen LogP contribution in [-0.4, -0.2) is 24.0 Å². The Hall–Kier alpha value is -1.15. The molecule has 0 saturated heterocycles. The van der Waals surface area contributed by atoms with Gasteiger partial charge in [0.15, 0.2) is 0 Å². The van der Waals surface area contributed by atoms with E-state index in [2.05, 4.69) is 25.3 Å². The van der Waals surface area contributed by atoms with Crippen LogP contribution in [0.4, 0.5) is 4.39 Å². The Balaban J connectivity index is 1.88. The first-order valence-electron chi connectivity index (χ1n) is 7.72. The largest absolute Gasteiger partial charge is 0.296 e. The molecule has 1 aliphatic rings. The Morgan fingerprint density at radius 1 is 1.35 bits per heavy atom. The van der Waals surface area contributed by atoms with Gasteiger partial charge in [-0.25, -0.2) is 4.39 Å². The third kappa shape index (κ3) is 4.17. The van der Waals surface area contributed by atoms with Crippen LogP contribution in [0.25, 0.3) is 0 Å². The molecule has 0 aromatic heterocycles. The molecule has 0 amide bonds. The molecule has 20 heavy (non-hydrogen) atoms. The van der Waals surface area contributed by atoms with Gasteiger partial charge in [-0.2, -0.15) is 0 Å². The van der Waals surface area contributed by atoms with Gasteiger partial charge in [0.1, 0.15) is 5.82 Å². The number of halogens is 1. The maximum absolute atomic E-state index is 13.0. The molecule has 0 spiro atoms. The average molecular weight is 275 g/mol. The van der Waals surface area contributed by atoms with E-state index >= 15 is 0 Å². The molecular formula is C18H26FN. The quantitative estimate of drug-likeness (QED) is 0.626. The van der Waals surface area contributed by atoms with Crippen LogP contribution in [0.15, 0.2) is 36.9 Å². The van der Waals surface area contributed by atoms with Crippen molar-refractivity contribution >= 4 is 0 Å². The van der Waals surface area contributed by atoms with Crippen molar-refractivity contribution < 1.29 is 4.39 Å². The van der Waals surface area contributed by atoms with E-state index in [1.165, 1.54) is 24.8 Å². The van der Waals surface area contributed by atoms with Crippen molar-refractivity contribution in [1.82, 2.24) is 4.90 Å². The Kier molecular flexibility index (Phi) is 5.36. The Bertz CT molecular complexity index is 424. The third-order valence-electron chi connectivity index (χ3n) is 4.11. The molecule has 110 valence electrons. The number of nitrogens with zero attached hydrogens (tertiary/aromatic N) is 1. The van der Waals surface area contributed by atoms with Crippen molar-refractivity contribution in [2.45, 2.75) is 45.1 Å². The molecule has 1 aromatic carbocycles. The van der Waals surface area contributed by atoms with Crippen molar-refractivity contribution in [3.8, 4) is 0 Å². The Morgan fingerprint density at radius 2 is 2.05 bits per heavy atom. The van der Waals surface area contributed by atoms with Crippen LogP contribution in [0, 0.1) is 11.7 Å². The van der Waals surface area contributed by atoms with Crippen LogP contribution in [-0.2, 0) is 0 Å². The van der Waals surface area contributed by atoms with Gasteiger partial charge in [0.25, 0.3) is 0 Å². The minimum atomic E-state index is -0.147. The minimum absolute atomic E-state index is 0.147. The monoisotopic (exact) mass is 275 g/mol. The summed E-state index contributed by atoms with van der Waals surface area (Å²) in [7, 11) is 0. The van der Waals surface area contributed by atoms with Gasteiger partial charge in [0, 0.05) is 18.5 Å². The van der Waals surface area contributed by atoms with Crippen LogP contribution in [0.3, 0.4) is 0 Å². The minimum Gasteiger partial charge on any atom is -0.296 e. The second-order valence-electron chi connectivity index (χ2n) is 6.28. The first kappa shape index (κ1) is 15.2. The highest BCUT2D eigenvalue weighted by Gasteiger charge is 2.41. The van der Waals surface area contributed by atoms with E-state index in [-0.39, 0.29) is 5.82 Å². The number of hydrogen-bond donors (Lipinski definition) is 0. The van der Waals surface area contributed by atoms with Crippen LogP contribution in [0.5, 0.6) is 0 Å². The van der Waals surface area contributed by atoms with E-state index in [0.29, 0.717) is 12.0 Å². The molecule has 0 radical (unpaired) electrons. The molecule has 2 unspecified atom stereocenters. The summed E-state index contributed by atoms with van der Waals surface area (Å²) in [6.45, 7) is 10.5. The van der Waals surface area contributed by atoms with E-state index in [0.717, 1.165) is 19.0 Å². The molecule has 1 saturated carbocycles. The topological polar surface area (TPSA) is 3.24 Å². The zero-order chi connectivity index (χ0) is 14.5. The lowest BCUT2D eigenvalue weighted by Gasteiger charge is -2.21. The van der Waals surface area contributed by atoms with Gasteiger partial charge < -0.3 is 0 Å². The maximum Gasteiger partial charge on any atom is 0.123 e. The molecule has 0 N–H and O–H groups in total. The van der Waals surface area contributed by atoms with Gasteiger partial charge in [0.2, 0.25) is 0 Å². The molecular weight excluding hydrogens is 249 g/mol. The molecule has 1 fully saturated rings. The highest BCUT2D eigenvalue weighted by Crippen LogP contribution is 2.44. The fraction of sp³-hybridized carbons (Fsp3) is 0.556. The van der Waals surface area contributed by atoms with Crippen molar-refractivity contribution in [2.24, 2.45) is 5.92 Å². The molecule has 0 heterocycles. The molecule has 2 rings (SSSR count). The van der Waals surface area contributed by atoms with Gasteiger partial charge in [-0.15, -0.1) is 6.58 Å². The summed E-state index contributed by atoms with van der Waals surface area (Å²) in [5.41, 5.74) is 1.27. The molecule has 2 atom stereocenters. The first-order valence-corrected chi connectivity index (χ1v) is 7.72. The summed E-state index contributed by atoms with van der Waals surface area (Å²) in [4.78, 5) is 2.53. The van der Waals surface area contributed by atoms with Gasteiger partial charge in [-0.05, 0) is 49.4 Å². The summed E-state index contributed by atoms with van der Waals surface area (Å²) >= 11 is 0. The average Bonchev–Trinajstić information content (AvgIpc) is 3.18. The lowest BCUT2D eigenvalue weighted by atomic mass is 10.1. The summed E-state index contributed by atoms with van der Waals surface area (Å²) in [6.07, 6.45) is 5.72. The van der Waals surface area contributed by atoms with Gasteiger partial charge in [-0.1, -0.05) is 32.1 Å². The Labute approximate surface area is 122 Å². The first-order chi connectivity index (χ1) is 9.61. The summed E-state index contributed by atoms with van der Waals surface area (Å²) in [6, 6.07) is 7.62. The summed E-state index contributed by atoms with van der Waals surface area (Å²) < 4.78 is 13.0. The normalized spacial score (nSPS) is 21.4. The van der Waals surface area contributed by atoms with Gasteiger partial charge in [-0.3, -0.25) is 4.90 Å². The lowest BCUT2D eigenvalue weighted by Crippen LogP contribution is -2.28. The van der Waals surface area contributed by atoms with Crippen LogP contribution in [0.2, 0.25) is 0 Å². The fourth-order valence-corrected chi connectivity index (χ4v) is 2.91. The summed E-state index contributed by atoms with van der Waals surface area (Å²) in [5, 5.41) is 0. The van der Waals surface area contributed by atoms with Crippen LogP contribution >= 0.6 is 0 Å². The molecule has 1 aliphatic carbocycles. The highest BCUT2D eigenvalue weighted by molar-refractivity contribution is 5.28. The predicted octanol–water partition coefficient (Wildman–Crippen LogP) is 4.61. The molecule has 2 heteroatoms. The molecule has 0 aliphatic heterocycles. The maximum atomic E-state index is 13.0. The van der Waals surface area contributed by atoms with E-state index < -0.39 is 0 Å². The fourth-order valence-electron chi connectivity index (χ4n) is 2.91. The number of benzene rings is 1. The zero-order valence-electron chi connectivity index (χ0n) is 12.7. The van der Waals surface area contributed by atoms with E-state index in [9.17, 15) is 4.39 Å². The van der Waals surface area contributed by atoms with E-state index in [1.807, 2.05) is 18.2 Å². The smallest absolute Gasteiger partial charge is 0.123 e. The van der Waals surface area contributed by atoms with Gasteiger partial charge in [0.05, 0.1) is 0 Å². The van der Waals surface area contributed by atoms with Crippen LogP contribution < -0.4 is 0 Å². The molecule has 1 nitrogen and oxygen atoms in total. The third-order valence-corrected chi connectivity index (χ3v) is 4.11.